The van der Waals surface area contributed by atoms with E-state index in [-0.39, 0.29) is 44.0 Å². The minimum Gasteiger partial charge on any atom is -0.481 e. The molecule has 0 aliphatic heterocycles. The van der Waals surface area contributed by atoms with E-state index < -0.39 is 18.0 Å². The highest BCUT2D eigenvalue weighted by Gasteiger charge is 2.20. The Hall–Kier alpha value is -2.44. The molecule has 0 aromatic carbocycles. The average Bonchev–Trinajstić information content (AvgIpc) is 3.19. The van der Waals surface area contributed by atoms with Crippen LogP contribution in [0.1, 0.15) is 122 Å². The smallest absolute Gasteiger partial charge is 0.326 e. The van der Waals surface area contributed by atoms with Gasteiger partial charge in [-0.3, -0.25) is 14.4 Å². The Morgan fingerprint density at radius 2 is 0.754 bits per heavy atom. The van der Waals surface area contributed by atoms with Crippen LogP contribution in [0.25, 0.3) is 0 Å². The zero-order valence-corrected chi connectivity index (χ0v) is 35.1. The topological polar surface area (TPSA) is 207 Å². The predicted molar refractivity (Wildman–Crippen MR) is 216 cm³/mol. The summed E-state index contributed by atoms with van der Waals surface area (Å²) in [6.07, 6.45) is 15.8. The summed E-state index contributed by atoms with van der Waals surface area (Å²) in [7, 11) is 0. The molecule has 0 aromatic rings. The van der Waals surface area contributed by atoms with Crippen LogP contribution in [0.15, 0.2) is 0 Å². The van der Waals surface area contributed by atoms with Gasteiger partial charge >= 0.3 is 11.9 Å². The van der Waals surface area contributed by atoms with E-state index in [1.807, 2.05) is 6.92 Å². The first kappa shape index (κ1) is 54.6. The molecule has 0 aliphatic rings. The maximum absolute atomic E-state index is 12.3. The van der Waals surface area contributed by atoms with Crippen LogP contribution in [-0.2, 0) is 57.1 Å². The minimum atomic E-state index is -1.15. The van der Waals surface area contributed by atoms with Crippen LogP contribution in [0.5, 0.6) is 0 Å². The number of amides is 2. The lowest BCUT2D eigenvalue weighted by Crippen LogP contribution is -2.41. The summed E-state index contributed by atoms with van der Waals surface area (Å²) in [5.41, 5.74) is 0. The van der Waals surface area contributed by atoms with E-state index in [2.05, 4.69) is 10.6 Å². The van der Waals surface area contributed by atoms with Gasteiger partial charge in [-0.2, -0.15) is 0 Å². The molecule has 16 nitrogen and oxygen atoms in total. The molecule has 0 unspecified atom stereocenters. The van der Waals surface area contributed by atoms with Crippen LogP contribution in [0.2, 0.25) is 0 Å². The van der Waals surface area contributed by atoms with E-state index in [0.29, 0.717) is 112 Å². The third-order valence-electron chi connectivity index (χ3n) is 8.71. The van der Waals surface area contributed by atoms with Crippen molar-refractivity contribution in [2.45, 2.75) is 129 Å². The predicted octanol–water partition coefficient (Wildman–Crippen LogP) is 4.93. The van der Waals surface area contributed by atoms with E-state index >= 15 is 0 Å². The maximum atomic E-state index is 12.3. The first-order valence-corrected chi connectivity index (χ1v) is 21.5. The van der Waals surface area contributed by atoms with Gasteiger partial charge in [0.2, 0.25) is 11.8 Å². The largest absolute Gasteiger partial charge is 0.481 e. The number of carboxylic acids is 2. The lowest BCUT2D eigenvalue weighted by Gasteiger charge is -2.14. The molecule has 0 rings (SSSR count). The molecule has 0 bridgehead atoms. The zero-order valence-electron chi connectivity index (χ0n) is 35.1. The summed E-state index contributed by atoms with van der Waals surface area (Å²) in [4.78, 5) is 46.6. The van der Waals surface area contributed by atoms with Gasteiger partial charge < -0.3 is 58.7 Å². The summed E-state index contributed by atoms with van der Waals surface area (Å²) in [5.74, 6) is -2.46. The lowest BCUT2D eigenvalue weighted by atomic mass is 10.0. The molecule has 57 heavy (non-hydrogen) atoms. The second kappa shape index (κ2) is 44.7. The van der Waals surface area contributed by atoms with Crippen LogP contribution < -0.4 is 10.6 Å². The van der Waals surface area contributed by atoms with Gasteiger partial charge in [0.1, 0.15) is 6.04 Å². The van der Waals surface area contributed by atoms with Crippen LogP contribution in [0.3, 0.4) is 0 Å². The Kier molecular flexibility index (Phi) is 42.7. The number of unbranched alkanes of at least 4 members (excludes halogenated alkanes) is 13. The molecule has 0 aromatic heterocycles. The van der Waals surface area contributed by atoms with Crippen LogP contribution in [0, 0.1) is 0 Å². The molecular weight excluding hydrogens is 744 g/mol. The SMILES string of the molecule is CCOCCOCCOCCOCCOCCOCCOCCOCCNC(=O)CC[C@H](NC(=O)CCCCCCCCCCCCCCCCC(=O)O)C(=O)O. The molecule has 336 valence electrons. The van der Waals surface area contributed by atoms with Gasteiger partial charge in [-0.25, -0.2) is 4.79 Å². The van der Waals surface area contributed by atoms with Crippen molar-refractivity contribution in [2.24, 2.45) is 0 Å². The molecule has 0 spiro atoms. The lowest BCUT2D eigenvalue weighted by molar-refractivity contribution is -0.142. The Balaban J connectivity index is 3.50. The molecule has 16 heteroatoms. The molecule has 0 fully saturated rings. The summed E-state index contributed by atoms with van der Waals surface area (Å²) in [6.45, 7) is 9.96. The highest BCUT2D eigenvalue weighted by molar-refractivity contribution is 5.84. The Morgan fingerprint density at radius 3 is 1.11 bits per heavy atom. The number of hydrogen-bond donors (Lipinski definition) is 4. The van der Waals surface area contributed by atoms with Gasteiger partial charge in [0.05, 0.1) is 99.1 Å². The van der Waals surface area contributed by atoms with Gasteiger partial charge in [0.25, 0.3) is 0 Å². The fourth-order valence-electron chi connectivity index (χ4n) is 5.52. The number of hydrogen-bond acceptors (Lipinski definition) is 12. The summed E-state index contributed by atoms with van der Waals surface area (Å²) in [5, 5.41) is 23.4. The van der Waals surface area contributed by atoms with Gasteiger partial charge in [0, 0.05) is 32.4 Å². The van der Waals surface area contributed by atoms with Gasteiger partial charge in [-0.1, -0.05) is 77.0 Å². The first-order valence-electron chi connectivity index (χ1n) is 21.5. The number of carbonyl (C=O) groups excluding carboxylic acids is 2. The molecule has 2 amide bonds. The fourth-order valence-corrected chi connectivity index (χ4v) is 5.52. The molecule has 0 heterocycles. The molecule has 0 radical (unpaired) electrons. The van der Waals surface area contributed by atoms with Crippen molar-refractivity contribution in [3.63, 3.8) is 0 Å². The van der Waals surface area contributed by atoms with Crippen LogP contribution >= 0.6 is 0 Å². The van der Waals surface area contributed by atoms with Crippen LogP contribution in [-0.4, -0.2) is 152 Å². The van der Waals surface area contributed by atoms with E-state index in [1.54, 1.807) is 0 Å². The molecule has 1 atom stereocenters. The Morgan fingerprint density at radius 1 is 0.421 bits per heavy atom. The zero-order chi connectivity index (χ0) is 41.7. The van der Waals surface area contributed by atoms with E-state index in [0.717, 1.165) is 38.5 Å². The summed E-state index contributed by atoms with van der Waals surface area (Å²) >= 11 is 0. The van der Waals surface area contributed by atoms with Gasteiger partial charge in [-0.15, -0.1) is 0 Å². The van der Waals surface area contributed by atoms with Crippen molar-refractivity contribution < 1.29 is 67.3 Å². The van der Waals surface area contributed by atoms with Gasteiger partial charge in [0.15, 0.2) is 0 Å². The number of rotatable bonds is 47. The van der Waals surface area contributed by atoms with E-state index in [9.17, 15) is 24.3 Å². The maximum Gasteiger partial charge on any atom is 0.326 e. The normalized spacial score (nSPS) is 11.8. The second-order valence-corrected chi connectivity index (χ2v) is 13.7. The van der Waals surface area contributed by atoms with Crippen molar-refractivity contribution in [2.75, 3.05) is 112 Å². The summed E-state index contributed by atoms with van der Waals surface area (Å²) < 4.78 is 43.3. The first-order chi connectivity index (χ1) is 27.9. The second-order valence-electron chi connectivity index (χ2n) is 13.7. The van der Waals surface area contributed by atoms with Crippen molar-refractivity contribution >= 4 is 23.8 Å². The monoisotopic (exact) mass is 823 g/mol. The fraction of sp³-hybridized carbons (Fsp3) is 0.902. The number of carbonyl (C=O) groups is 4. The van der Waals surface area contributed by atoms with Crippen LogP contribution in [0.4, 0.5) is 0 Å². The molecule has 4 N–H and O–H groups in total. The standard InChI is InChI=1S/C41H78N2O14/c1-2-50-23-24-52-27-28-54-31-32-56-35-36-57-34-33-55-30-29-53-26-25-51-22-21-42-38(44)20-19-37(41(48)49)43-39(45)17-15-13-11-9-7-5-3-4-6-8-10-12-14-16-18-40(46)47/h37H,2-36H2,1H3,(H,42,44)(H,43,45)(H,46,47)(H,48,49)/t37-/m0/s1. The van der Waals surface area contributed by atoms with Gasteiger partial charge in [-0.05, 0) is 26.2 Å². The van der Waals surface area contributed by atoms with Crippen molar-refractivity contribution in [1.29, 1.82) is 0 Å². The van der Waals surface area contributed by atoms with Crippen molar-refractivity contribution in [1.82, 2.24) is 10.6 Å². The summed E-state index contributed by atoms with van der Waals surface area (Å²) in [6, 6.07) is -1.10. The quantitative estimate of drug-likeness (QED) is 0.0601. The highest BCUT2D eigenvalue weighted by atomic mass is 16.6. The molecule has 0 aliphatic carbocycles. The third-order valence-corrected chi connectivity index (χ3v) is 8.71. The van der Waals surface area contributed by atoms with Crippen molar-refractivity contribution in [3.05, 3.63) is 0 Å². The number of ether oxygens (including phenoxy) is 8. The number of aliphatic carboxylic acids is 2. The highest BCUT2D eigenvalue weighted by Crippen LogP contribution is 2.14. The Labute approximate surface area is 342 Å². The minimum absolute atomic E-state index is 0.0144. The average molecular weight is 823 g/mol. The Bertz CT molecular complexity index is 930. The number of carboxylic acid groups (broad SMARTS) is 2. The third kappa shape index (κ3) is 44.5. The van der Waals surface area contributed by atoms with Crippen molar-refractivity contribution in [3.8, 4) is 0 Å². The van der Waals surface area contributed by atoms with E-state index in [4.69, 9.17) is 43.0 Å². The number of nitrogens with one attached hydrogen (secondary N) is 2. The van der Waals surface area contributed by atoms with E-state index in [1.165, 1.54) is 44.9 Å². The molecule has 0 saturated heterocycles. The molecular formula is C41H78N2O14. The molecule has 0 saturated carbocycles.